The van der Waals surface area contributed by atoms with E-state index in [1.165, 1.54) is 11.3 Å². The standard InChI is InChI=1S/C15H19N3O2S.2ClH/c1-15(2,16)9-17-13(19)12-8-21-14(18-12)10-4-6-11(20-3)7-5-10;;/h4-8H,9,16H2,1-3H3,(H,17,19);2*1H. The topological polar surface area (TPSA) is 77.2 Å². The molecule has 0 aliphatic heterocycles. The van der Waals surface area contributed by atoms with Gasteiger partial charge in [-0.2, -0.15) is 0 Å². The molecule has 0 atom stereocenters. The Bertz CT molecular complexity index is 624. The maximum Gasteiger partial charge on any atom is 0.270 e. The Morgan fingerprint density at radius 3 is 2.43 bits per heavy atom. The highest BCUT2D eigenvalue weighted by Crippen LogP contribution is 2.25. The van der Waals surface area contributed by atoms with Crippen LogP contribution < -0.4 is 15.8 Å². The molecule has 1 aromatic heterocycles. The molecule has 0 bridgehead atoms. The first-order valence-corrected chi connectivity index (χ1v) is 7.44. The van der Waals surface area contributed by atoms with E-state index in [2.05, 4.69) is 10.3 Å². The molecule has 1 amide bonds. The lowest BCUT2D eigenvalue weighted by Gasteiger charge is -2.18. The van der Waals surface area contributed by atoms with Crippen LogP contribution in [0, 0.1) is 0 Å². The van der Waals surface area contributed by atoms with Crippen LogP contribution in [0.2, 0.25) is 0 Å². The van der Waals surface area contributed by atoms with E-state index in [9.17, 15) is 4.79 Å². The molecular weight excluding hydrogens is 357 g/mol. The summed E-state index contributed by atoms with van der Waals surface area (Å²) in [5.74, 6) is 0.586. The van der Waals surface area contributed by atoms with Gasteiger partial charge >= 0.3 is 0 Å². The van der Waals surface area contributed by atoms with Crippen LogP contribution in [0.4, 0.5) is 0 Å². The maximum atomic E-state index is 12.0. The van der Waals surface area contributed by atoms with E-state index >= 15 is 0 Å². The fraction of sp³-hybridized carbons (Fsp3) is 0.333. The normalized spacial score (nSPS) is 10.3. The van der Waals surface area contributed by atoms with E-state index < -0.39 is 5.54 Å². The summed E-state index contributed by atoms with van der Waals surface area (Å²) in [6.45, 7) is 4.12. The van der Waals surface area contributed by atoms with Crippen LogP contribution in [-0.4, -0.2) is 30.1 Å². The van der Waals surface area contributed by atoms with Crippen molar-refractivity contribution in [1.29, 1.82) is 0 Å². The average molecular weight is 378 g/mol. The second-order valence-electron chi connectivity index (χ2n) is 5.44. The SMILES string of the molecule is COc1ccc(-c2nc(C(=O)NCC(C)(C)N)cs2)cc1.Cl.Cl. The molecule has 0 aliphatic carbocycles. The monoisotopic (exact) mass is 377 g/mol. The van der Waals surface area contributed by atoms with Crippen LogP contribution in [0.3, 0.4) is 0 Å². The molecule has 23 heavy (non-hydrogen) atoms. The quantitative estimate of drug-likeness (QED) is 0.838. The number of carbonyl (C=O) groups excluding carboxylic acids is 1. The van der Waals surface area contributed by atoms with Gasteiger partial charge < -0.3 is 15.8 Å². The third-order valence-electron chi connectivity index (χ3n) is 2.78. The number of ether oxygens (including phenoxy) is 1. The number of nitrogens with one attached hydrogen (secondary N) is 1. The summed E-state index contributed by atoms with van der Waals surface area (Å²) in [6, 6.07) is 7.57. The lowest BCUT2D eigenvalue weighted by molar-refractivity contribution is 0.0942. The van der Waals surface area contributed by atoms with Gasteiger partial charge in [0.1, 0.15) is 16.5 Å². The van der Waals surface area contributed by atoms with Crippen LogP contribution in [0.25, 0.3) is 10.6 Å². The number of halogens is 2. The Morgan fingerprint density at radius 2 is 1.91 bits per heavy atom. The number of nitrogens with zero attached hydrogens (tertiary/aromatic N) is 1. The molecule has 0 radical (unpaired) electrons. The lowest BCUT2D eigenvalue weighted by atomic mass is 10.1. The van der Waals surface area contributed by atoms with E-state index in [1.54, 1.807) is 12.5 Å². The molecule has 128 valence electrons. The van der Waals surface area contributed by atoms with E-state index in [4.69, 9.17) is 10.5 Å². The van der Waals surface area contributed by atoms with Gasteiger partial charge in [-0.25, -0.2) is 4.98 Å². The van der Waals surface area contributed by atoms with E-state index in [1.807, 2.05) is 38.1 Å². The zero-order chi connectivity index (χ0) is 15.5. The minimum atomic E-state index is -0.440. The minimum Gasteiger partial charge on any atom is -0.497 e. The average Bonchev–Trinajstić information content (AvgIpc) is 2.94. The number of methoxy groups -OCH3 is 1. The van der Waals surface area contributed by atoms with Crippen molar-refractivity contribution in [2.45, 2.75) is 19.4 Å². The number of hydrogen-bond donors (Lipinski definition) is 2. The van der Waals surface area contributed by atoms with Gasteiger partial charge in [0.2, 0.25) is 0 Å². The van der Waals surface area contributed by atoms with E-state index in [-0.39, 0.29) is 30.7 Å². The summed E-state index contributed by atoms with van der Waals surface area (Å²) in [4.78, 5) is 16.4. The molecule has 2 rings (SSSR count). The third-order valence-corrected chi connectivity index (χ3v) is 3.67. The number of benzene rings is 1. The Hall–Kier alpha value is -1.34. The van der Waals surface area contributed by atoms with Crippen LogP contribution in [0.5, 0.6) is 5.75 Å². The van der Waals surface area contributed by atoms with E-state index in [0.29, 0.717) is 12.2 Å². The van der Waals surface area contributed by atoms with Gasteiger partial charge in [0.25, 0.3) is 5.91 Å². The predicted molar refractivity (Wildman–Crippen MR) is 99.2 cm³/mol. The molecular formula is C15H21Cl2N3O2S. The minimum absolute atomic E-state index is 0. The van der Waals surface area contributed by atoms with Crippen LogP contribution >= 0.6 is 36.2 Å². The number of nitrogens with two attached hydrogens (primary N) is 1. The van der Waals surface area contributed by atoms with Crippen LogP contribution in [0.15, 0.2) is 29.6 Å². The van der Waals surface area contributed by atoms with Gasteiger partial charge in [-0.05, 0) is 38.1 Å². The maximum absolute atomic E-state index is 12.0. The first kappa shape index (κ1) is 21.7. The number of carbonyl (C=O) groups is 1. The smallest absolute Gasteiger partial charge is 0.270 e. The molecule has 0 saturated heterocycles. The van der Waals surface area contributed by atoms with Gasteiger partial charge in [-0.15, -0.1) is 36.2 Å². The Kier molecular flexibility index (Phi) is 8.55. The van der Waals surface area contributed by atoms with Crippen LogP contribution in [-0.2, 0) is 0 Å². The zero-order valence-corrected chi connectivity index (χ0v) is 15.6. The van der Waals surface area contributed by atoms with Crippen molar-refractivity contribution in [3.63, 3.8) is 0 Å². The van der Waals surface area contributed by atoms with Gasteiger partial charge in [0, 0.05) is 23.0 Å². The molecule has 2 aromatic rings. The molecule has 0 unspecified atom stereocenters. The molecule has 5 nitrogen and oxygen atoms in total. The van der Waals surface area contributed by atoms with Gasteiger partial charge in [-0.3, -0.25) is 4.79 Å². The number of thiazole rings is 1. The second kappa shape index (κ2) is 9.08. The number of aromatic nitrogens is 1. The van der Waals surface area contributed by atoms with Crippen molar-refractivity contribution in [1.82, 2.24) is 10.3 Å². The summed E-state index contributed by atoms with van der Waals surface area (Å²) in [7, 11) is 1.62. The second-order valence-corrected chi connectivity index (χ2v) is 6.30. The van der Waals surface area contributed by atoms with Crippen molar-refractivity contribution in [2.75, 3.05) is 13.7 Å². The largest absolute Gasteiger partial charge is 0.497 e. The zero-order valence-electron chi connectivity index (χ0n) is 13.2. The summed E-state index contributed by atoms with van der Waals surface area (Å²) in [5.41, 5.74) is 6.77. The van der Waals surface area contributed by atoms with Crippen LogP contribution in [0.1, 0.15) is 24.3 Å². The molecule has 0 saturated carbocycles. The molecule has 8 heteroatoms. The highest BCUT2D eigenvalue weighted by molar-refractivity contribution is 7.13. The Balaban J connectivity index is 0.00000242. The number of hydrogen-bond acceptors (Lipinski definition) is 5. The lowest BCUT2D eigenvalue weighted by Crippen LogP contribution is -2.45. The summed E-state index contributed by atoms with van der Waals surface area (Å²) in [5, 5.41) is 5.33. The molecule has 0 aliphatic rings. The summed E-state index contributed by atoms with van der Waals surface area (Å²) < 4.78 is 5.12. The Morgan fingerprint density at radius 1 is 1.30 bits per heavy atom. The van der Waals surface area contributed by atoms with Crippen molar-refractivity contribution in [2.24, 2.45) is 5.73 Å². The van der Waals surface area contributed by atoms with Crippen molar-refractivity contribution >= 4 is 42.1 Å². The molecule has 0 spiro atoms. The van der Waals surface area contributed by atoms with Gasteiger partial charge in [0.05, 0.1) is 7.11 Å². The fourth-order valence-corrected chi connectivity index (χ4v) is 2.45. The first-order valence-electron chi connectivity index (χ1n) is 6.56. The molecule has 3 N–H and O–H groups in total. The van der Waals surface area contributed by atoms with Crippen molar-refractivity contribution < 1.29 is 9.53 Å². The van der Waals surface area contributed by atoms with E-state index in [0.717, 1.165) is 16.3 Å². The molecule has 1 heterocycles. The fourth-order valence-electron chi connectivity index (χ4n) is 1.64. The predicted octanol–water partition coefficient (Wildman–Crippen LogP) is 3.13. The van der Waals surface area contributed by atoms with Gasteiger partial charge in [0.15, 0.2) is 0 Å². The Labute approximate surface area is 152 Å². The molecule has 1 aromatic carbocycles. The third kappa shape index (κ3) is 6.35. The number of amides is 1. The highest BCUT2D eigenvalue weighted by atomic mass is 35.5. The molecule has 0 fully saturated rings. The summed E-state index contributed by atoms with van der Waals surface area (Å²) >= 11 is 1.43. The van der Waals surface area contributed by atoms with Gasteiger partial charge in [-0.1, -0.05) is 0 Å². The summed E-state index contributed by atoms with van der Waals surface area (Å²) in [6.07, 6.45) is 0. The van der Waals surface area contributed by atoms with Crippen molar-refractivity contribution in [3.05, 3.63) is 35.3 Å². The first-order chi connectivity index (χ1) is 9.89. The highest BCUT2D eigenvalue weighted by Gasteiger charge is 2.16. The van der Waals surface area contributed by atoms with Crippen molar-refractivity contribution in [3.8, 4) is 16.3 Å². The number of rotatable bonds is 5.